The fourth-order valence-electron chi connectivity index (χ4n) is 2.28. The standard InChI is InChI=1S/C11H19NO3/c1-14-11(13)10-5-6-12(10)8-9-4-2-3-7-15-9/h9-10H,2-8H2,1H3. The van der Waals surface area contributed by atoms with E-state index in [0.717, 1.165) is 32.5 Å². The molecule has 0 aromatic rings. The highest BCUT2D eigenvalue weighted by atomic mass is 16.5. The Morgan fingerprint density at radius 2 is 2.33 bits per heavy atom. The first kappa shape index (κ1) is 10.9. The SMILES string of the molecule is COC(=O)C1CCN1CC1CCCCO1. The molecule has 2 saturated heterocycles. The molecule has 86 valence electrons. The smallest absolute Gasteiger partial charge is 0.323 e. The zero-order chi connectivity index (χ0) is 10.7. The molecule has 0 saturated carbocycles. The van der Waals surface area contributed by atoms with Crippen LogP contribution in [0, 0.1) is 0 Å². The molecule has 15 heavy (non-hydrogen) atoms. The zero-order valence-electron chi connectivity index (χ0n) is 9.28. The number of esters is 1. The van der Waals surface area contributed by atoms with Crippen LogP contribution >= 0.6 is 0 Å². The predicted molar refractivity (Wildman–Crippen MR) is 55.6 cm³/mol. The first-order valence-electron chi connectivity index (χ1n) is 5.74. The van der Waals surface area contributed by atoms with E-state index in [-0.39, 0.29) is 12.0 Å². The lowest BCUT2D eigenvalue weighted by molar-refractivity contribution is -0.153. The van der Waals surface area contributed by atoms with Crippen LogP contribution in [0.5, 0.6) is 0 Å². The molecule has 0 radical (unpaired) electrons. The molecule has 0 N–H and O–H groups in total. The van der Waals surface area contributed by atoms with Crippen LogP contribution in [0.15, 0.2) is 0 Å². The van der Waals surface area contributed by atoms with Crippen molar-refractivity contribution < 1.29 is 14.3 Å². The van der Waals surface area contributed by atoms with Crippen molar-refractivity contribution in [3.8, 4) is 0 Å². The number of ether oxygens (including phenoxy) is 2. The van der Waals surface area contributed by atoms with Gasteiger partial charge in [0.05, 0.1) is 13.2 Å². The van der Waals surface area contributed by atoms with Crippen LogP contribution in [-0.2, 0) is 14.3 Å². The van der Waals surface area contributed by atoms with Gasteiger partial charge >= 0.3 is 5.97 Å². The summed E-state index contributed by atoms with van der Waals surface area (Å²) in [6.45, 7) is 2.76. The molecular formula is C11H19NO3. The van der Waals surface area contributed by atoms with Crippen LogP contribution < -0.4 is 0 Å². The van der Waals surface area contributed by atoms with Gasteiger partial charge in [-0.1, -0.05) is 0 Å². The fraction of sp³-hybridized carbons (Fsp3) is 0.909. The summed E-state index contributed by atoms with van der Waals surface area (Å²) in [5.74, 6) is -0.0999. The first-order chi connectivity index (χ1) is 7.31. The lowest BCUT2D eigenvalue weighted by Crippen LogP contribution is -2.55. The average molecular weight is 213 g/mol. The lowest BCUT2D eigenvalue weighted by atomic mass is 10.0. The number of carbonyl (C=O) groups excluding carboxylic acids is 1. The number of hydrogen-bond acceptors (Lipinski definition) is 4. The Morgan fingerprint density at radius 1 is 1.47 bits per heavy atom. The summed E-state index contributed by atoms with van der Waals surface area (Å²) in [6, 6.07) is -0.0134. The lowest BCUT2D eigenvalue weighted by Gasteiger charge is -2.41. The van der Waals surface area contributed by atoms with Crippen LogP contribution in [-0.4, -0.2) is 49.8 Å². The zero-order valence-corrected chi connectivity index (χ0v) is 9.28. The molecule has 2 unspecified atom stereocenters. The molecule has 0 bridgehead atoms. The van der Waals surface area contributed by atoms with Crippen LogP contribution in [0.25, 0.3) is 0 Å². The van der Waals surface area contributed by atoms with Gasteiger partial charge in [0.25, 0.3) is 0 Å². The molecule has 2 aliphatic rings. The molecule has 2 heterocycles. The van der Waals surface area contributed by atoms with Gasteiger partial charge in [-0.3, -0.25) is 9.69 Å². The molecule has 0 aliphatic carbocycles. The van der Waals surface area contributed by atoms with E-state index in [4.69, 9.17) is 9.47 Å². The monoisotopic (exact) mass is 213 g/mol. The largest absolute Gasteiger partial charge is 0.468 e. The molecular weight excluding hydrogens is 194 g/mol. The first-order valence-corrected chi connectivity index (χ1v) is 5.74. The summed E-state index contributed by atoms with van der Waals surface area (Å²) < 4.78 is 10.4. The Bertz CT molecular complexity index is 226. The number of likely N-dealkylation sites (tertiary alicyclic amines) is 1. The van der Waals surface area contributed by atoms with Gasteiger partial charge in [0.1, 0.15) is 6.04 Å². The minimum absolute atomic E-state index is 0.0134. The quantitative estimate of drug-likeness (QED) is 0.650. The third-order valence-electron chi connectivity index (χ3n) is 3.32. The van der Waals surface area contributed by atoms with Gasteiger partial charge in [-0.05, 0) is 25.7 Å². The van der Waals surface area contributed by atoms with Gasteiger partial charge in [-0.15, -0.1) is 0 Å². The number of hydrogen-bond donors (Lipinski definition) is 0. The van der Waals surface area contributed by atoms with E-state index in [1.54, 1.807) is 0 Å². The Balaban J connectivity index is 1.76. The average Bonchev–Trinajstić information content (AvgIpc) is 2.25. The van der Waals surface area contributed by atoms with Crippen molar-refractivity contribution in [1.82, 2.24) is 4.90 Å². The maximum atomic E-state index is 11.3. The second kappa shape index (κ2) is 4.94. The predicted octanol–water partition coefficient (Wildman–Crippen LogP) is 0.803. The van der Waals surface area contributed by atoms with Gasteiger partial charge in [-0.2, -0.15) is 0 Å². The molecule has 2 fully saturated rings. The maximum Gasteiger partial charge on any atom is 0.323 e. The van der Waals surface area contributed by atoms with E-state index in [0.29, 0.717) is 6.10 Å². The molecule has 0 aromatic heterocycles. The minimum atomic E-state index is -0.0999. The van der Waals surface area contributed by atoms with Crippen molar-refractivity contribution in [1.29, 1.82) is 0 Å². The molecule has 0 amide bonds. The summed E-state index contributed by atoms with van der Waals surface area (Å²) in [4.78, 5) is 13.5. The van der Waals surface area contributed by atoms with Gasteiger partial charge in [0.2, 0.25) is 0 Å². The number of rotatable bonds is 3. The molecule has 0 spiro atoms. The summed E-state index contributed by atoms with van der Waals surface area (Å²) >= 11 is 0. The van der Waals surface area contributed by atoms with E-state index < -0.39 is 0 Å². The third kappa shape index (κ3) is 2.49. The van der Waals surface area contributed by atoms with E-state index in [2.05, 4.69) is 4.90 Å². The van der Waals surface area contributed by atoms with Crippen molar-refractivity contribution in [3.05, 3.63) is 0 Å². The van der Waals surface area contributed by atoms with Crippen LogP contribution in [0.2, 0.25) is 0 Å². The molecule has 2 rings (SSSR count). The fourth-order valence-corrected chi connectivity index (χ4v) is 2.28. The van der Waals surface area contributed by atoms with Crippen molar-refractivity contribution in [3.63, 3.8) is 0 Å². The van der Waals surface area contributed by atoms with Gasteiger partial charge in [0.15, 0.2) is 0 Å². The summed E-state index contributed by atoms with van der Waals surface area (Å²) in [6.07, 6.45) is 4.81. The van der Waals surface area contributed by atoms with E-state index in [9.17, 15) is 4.79 Å². The normalized spacial score (nSPS) is 32.1. The summed E-state index contributed by atoms with van der Waals surface area (Å²) in [5.41, 5.74) is 0. The topological polar surface area (TPSA) is 38.8 Å². The molecule has 2 atom stereocenters. The Hall–Kier alpha value is -0.610. The van der Waals surface area contributed by atoms with Crippen molar-refractivity contribution in [2.75, 3.05) is 26.8 Å². The molecule has 0 aromatic carbocycles. The van der Waals surface area contributed by atoms with Gasteiger partial charge in [-0.25, -0.2) is 0 Å². The Labute approximate surface area is 90.5 Å². The van der Waals surface area contributed by atoms with Gasteiger partial charge in [0, 0.05) is 19.7 Å². The van der Waals surface area contributed by atoms with Crippen molar-refractivity contribution in [2.24, 2.45) is 0 Å². The second-order valence-electron chi connectivity index (χ2n) is 4.31. The number of carbonyl (C=O) groups is 1. The Morgan fingerprint density at radius 3 is 2.87 bits per heavy atom. The second-order valence-corrected chi connectivity index (χ2v) is 4.31. The van der Waals surface area contributed by atoms with Crippen molar-refractivity contribution in [2.45, 2.75) is 37.8 Å². The summed E-state index contributed by atoms with van der Waals surface area (Å²) in [7, 11) is 1.45. The van der Waals surface area contributed by atoms with Gasteiger partial charge < -0.3 is 9.47 Å². The highest BCUT2D eigenvalue weighted by Gasteiger charge is 2.36. The summed E-state index contributed by atoms with van der Waals surface area (Å²) in [5, 5.41) is 0. The van der Waals surface area contributed by atoms with E-state index in [1.165, 1.54) is 20.0 Å². The maximum absolute atomic E-state index is 11.3. The van der Waals surface area contributed by atoms with Crippen LogP contribution in [0.3, 0.4) is 0 Å². The third-order valence-corrected chi connectivity index (χ3v) is 3.32. The minimum Gasteiger partial charge on any atom is -0.468 e. The number of methoxy groups -OCH3 is 1. The number of nitrogens with zero attached hydrogens (tertiary/aromatic N) is 1. The highest BCUT2D eigenvalue weighted by Crippen LogP contribution is 2.22. The Kier molecular flexibility index (Phi) is 3.59. The van der Waals surface area contributed by atoms with Crippen LogP contribution in [0.1, 0.15) is 25.7 Å². The van der Waals surface area contributed by atoms with Crippen molar-refractivity contribution >= 4 is 5.97 Å². The molecule has 4 heteroatoms. The van der Waals surface area contributed by atoms with E-state index in [1.807, 2.05) is 0 Å². The van der Waals surface area contributed by atoms with Crippen LogP contribution in [0.4, 0.5) is 0 Å². The highest BCUT2D eigenvalue weighted by molar-refractivity contribution is 5.76. The van der Waals surface area contributed by atoms with E-state index >= 15 is 0 Å². The molecule has 2 aliphatic heterocycles. The molecule has 4 nitrogen and oxygen atoms in total.